The van der Waals surface area contributed by atoms with Crippen molar-refractivity contribution in [2.75, 3.05) is 12.3 Å². The number of hydrogen-bond acceptors (Lipinski definition) is 2. The van der Waals surface area contributed by atoms with E-state index >= 15 is 0 Å². The Morgan fingerprint density at radius 3 is 2.88 bits per heavy atom. The molecule has 1 aliphatic rings. The highest BCUT2D eigenvalue weighted by Gasteiger charge is 2.20. The summed E-state index contributed by atoms with van der Waals surface area (Å²) in [6.45, 7) is 0.662. The van der Waals surface area contributed by atoms with Crippen molar-refractivity contribution in [3.8, 4) is 0 Å². The lowest BCUT2D eigenvalue weighted by Gasteiger charge is -2.05. The zero-order chi connectivity index (χ0) is 11.5. The Morgan fingerprint density at radius 2 is 2.25 bits per heavy atom. The second-order valence-electron chi connectivity index (χ2n) is 4.22. The predicted octanol–water partition coefficient (Wildman–Crippen LogP) is 1.94. The zero-order valence-corrected chi connectivity index (χ0v) is 9.00. The van der Waals surface area contributed by atoms with E-state index in [0.717, 1.165) is 12.3 Å². The summed E-state index contributed by atoms with van der Waals surface area (Å²) in [6, 6.07) is 4.11. The van der Waals surface area contributed by atoms with Crippen LogP contribution in [0.1, 0.15) is 29.6 Å². The maximum absolute atomic E-state index is 13.1. The van der Waals surface area contributed by atoms with Gasteiger partial charge in [0.05, 0.1) is 5.69 Å². The molecule has 1 aromatic carbocycles. The lowest BCUT2D eigenvalue weighted by atomic mass is 10.2. The largest absolute Gasteiger partial charge is 0.396 e. The average Bonchev–Trinajstić information content (AvgIpc) is 3.06. The molecule has 0 bridgehead atoms. The SMILES string of the molecule is Nc1ccc(C(=O)NCCC2CC2)cc1F. The number of carbonyl (C=O) groups excluding carboxylic acids is 1. The van der Waals surface area contributed by atoms with Crippen LogP contribution in [0.4, 0.5) is 10.1 Å². The van der Waals surface area contributed by atoms with Gasteiger partial charge in [-0.3, -0.25) is 4.79 Å². The van der Waals surface area contributed by atoms with Gasteiger partial charge < -0.3 is 11.1 Å². The molecule has 3 nitrogen and oxygen atoms in total. The van der Waals surface area contributed by atoms with Gasteiger partial charge >= 0.3 is 0 Å². The molecule has 0 unspecified atom stereocenters. The summed E-state index contributed by atoms with van der Waals surface area (Å²) in [7, 11) is 0. The minimum atomic E-state index is -0.546. The minimum absolute atomic E-state index is 0.0644. The number of nitrogens with one attached hydrogen (secondary N) is 1. The van der Waals surface area contributed by atoms with E-state index in [1.807, 2.05) is 0 Å². The summed E-state index contributed by atoms with van der Waals surface area (Å²) in [5.74, 6) is -0.00199. The lowest BCUT2D eigenvalue weighted by Crippen LogP contribution is -2.24. The monoisotopic (exact) mass is 222 g/mol. The summed E-state index contributed by atoms with van der Waals surface area (Å²) in [5, 5.41) is 2.77. The fraction of sp³-hybridized carbons (Fsp3) is 0.417. The van der Waals surface area contributed by atoms with Gasteiger partial charge in [0.1, 0.15) is 5.82 Å². The molecule has 0 heterocycles. The van der Waals surface area contributed by atoms with Gasteiger partial charge in [0.15, 0.2) is 0 Å². The zero-order valence-electron chi connectivity index (χ0n) is 9.00. The number of anilines is 1. The van der Waals surface area contributed by atoms with Crippen molar-refractivity contribution in [2.24, 2.45) is 5.92 Å². The standard InChI is InChI=1S/C12H15FN2O/c13-10-7-9(3-4-11(10)14)12(16)15-6-5-8-1-2-8/h3-4,7-8H,1-2,5-6,14H2,(H,15,16). The van der Waals surface area contributed by atoms with E-state index in [9.17, 15) is 9.18 Å². The van der Waals surface area contributed by atoms with Crippen LogP contribution < -0.4 is 11.1 Å². The third kappa shape index (κ3) is 2.72. The molecule has 4 heteroatoms. The number of halogens is 1. The molecule has 3 N–H and O–H groups in total. The van der Waals surface area contributed by atoms with E-state index in [0.29, 0.717) is 12.1 Å². The van der Waals surface area contributed by atoms with Gasteiger partial charge in [0.2, 0.25) is 0 Å². The van der Waals surface area contributed by atoms with E-state index < -0.39 is 5.82 Å². The van der Waals surface area contributed by atoms with Gasteiger partial charge in [0, 0.05) is 12.1 Å². The van der Waals surface area contributed by atoms with Gasteiger partial charge in [0.25, 0.3) is 5.91 Å². The molecule has 0 aliphatic heterocycles. The Labute approximate surface area is 93.8 Å². The molecule has 1 aromatic rings. The van der Waals surface area contributed by atoms with Crippen LogP contribution in [0, 0.1) is 11.7 Å². The molecule has 1 amide bonds. The minimum Gasteiger partial charge on any atom is -0.396 e. The van der Waals surface area contributed by atoms with Crippen LogP contribution in [0.5, 0.6) is 0 Å². The number of benzene rings is 1. The summed E-state index contributed by atoms with van der Waals surface area (Å²) in [6.07, 6.45) is 3.56. The summed E-state index contributed by atoms with van der Waals surface area (Å²) in [5.41, 5.74) is 5.72. The number of rotatable bonds is 4. The van der Waals surface area contributed by atoms with Crippen molar-refractivity contribution in [2.45, 2.75) is 19.3 Å². The quantitative estimate of drug-likeness (QED) is 0.765. The maximum Gasteiger partial charge on any atom is 0.251 e. The van der Waals surface area contributed by atoms with E-state index in [2.05, 4.69) is 5.32 Å². The Balaban J connectivity index is 1.88. The first-order chi connectivity index (χ1) is 7.66. The van der Waals surface area contributed by atoms with Crippen LogP contribution in [0.25, 0.3) is 0 Å². The molecule has 2 rings (SSSR count). The summed E-state index contributed by atoms with van der Waals surface area (Å²) < 4.78 is 13.1. The third-order valence-corrected chi connectivity index (χ3v) is 2.80. The highest BCUT2D eigenvalue weighted by atomic mass is 19.1. The van der Waals surface area contributed by atoms with E-state index in [1.54, 1.807) is 0 Å². The number of nitrogens with two attached hydrogens (primary N) is 1. The summed E-state index contributed by atoms with van der Waals surface area (Å²) in [4.78, 5) is 11.6. The van der Waals surface area contributed by atoms with Crippen molar-refractivity contribution >= 4 is 11.6 Å². The number of carbonyl (C=O) groups is 1. The van der Waals surface area contributed by atoms with Gasteiger partial charge in [-0.15, -0.1) is 0 Å². The molecule has 0 aromatic heterocycles. The molecule has 16 heavy (non-hydrogen) atoms. The Bertz CT molecular complexity index is 402. The van der Waals surface area contributed by atoms with Crippen LogP contribution in [0.2, 0.25) is 0 Å². The Morgan fingerprint density at radius 1 is 1.50 bits per heavy atom. The Hall–Kier alpha value is -1.58. The molecule has 1 aliphatic carbocycles. The van der Waals surface area contributed by atoms with E-state index in [1.165, 1.54) is 31.0 Å². The molecule has 0 spiro atoms. The summed E-state index contributed by atoms with van der Waals surface area (Å²) >= 11 is 0. The lowest BCUT2D eigenvalue weighted by molar-refractivity contribution is 0.0952. The number of nitrogen functional groups attached to an aromatic ring is 1. The van der Waals surface area contributed by atoms with Crippen LogP contribution in [-0.4, -0.2) is 12.5 Å². The predicted molar refractivity (Wildman–Crippen MR) is 60.5 cm³/mol. The smallest absolute Gasteiger partial charge is 0.251 e. The fourth-order valence-electron chi connectivity index (χ4n) is 1.57. The van der Waals surface area contributed by atoms with Crippen LogP contribution in [0.3, 0.4) is 0 Å². The van der Waals surface area contributed by atoms with Gasteiger partial charge in [-0.05, 0) is 30.5 Å². The topological polar surface area (TPSA) is 55.1 Å². The second kappa shape index (κ2) is 4.51. The normalized spacial score (nSPS) is 14.8. The number of hydrogen-bond donors (Lipinski definition) is 2. The first kappa shape index (κ1) is 10.9. The van der Waals surface area contributed by atoms with Gasteiger partial charge in [-0.2, -0.15) is 0 Å². The molecular formula is C12H15FN2O. The third-order valence-electron chi connectivity index (χ3n) is 2.80. The van der Waals surface area contributed by atoms with Crippen molar-refractivity contribution in [1.82, 2.24) is 5.32 Å². The van der Waals surface area contributed by atoms with Crippen LogP contribution >= 0.6 is 0 Å². The van der Waals surface area contributed by atoms with Crippen molar-refractivity contribution in [3.05, 3.63) is 29.6 Å². The molecule has 1 saturated carbocycles. The van der Waals surface area contributed by atoms with Gasteiger partial charge in [-0.25, -0.2) is 4.39 Å². The van der Waals surface area contributed by atoms with Crippen molar-refractivity contribution in [3.63, 3.8) is 0 Å². The van der Waals surface area contributed by atoms with Crippen LogP contribution in [-0.2, 0) is 0 Å². The second-order valence-corrected chi connectivity index (χ2v) is 4.22. The first-order valence-corrected chi connectivity index (χ1v) is 5.50. The molecule has 1 fully saturated rings. The van der Waals surface area contributed by atoms with E-state index in [-0.39, 0.29) is 11.6 Å². The average molecular weight is 222 g/mol. The highest BCUT2D eigenvalue weighted by Crippen LogP contribution is 2.31. The Kier molecular flexibility index (Phi) is 3.08. The molecule has 0 saturated heterocycles. The molecular weight excluding hydrogens is 207 g/mol. The first-order valence-electron chi connectivity index (χ1n) is 5.50. The van der Waals surface area contributed by atoms with Crippen molar-refractivity contribution in [1.29, 1.82) is 0 Å². The van der Waals surface area contributed by atoms with Crippen molar-refractivity contribution < 1.29 is 9.18 Å². The molecule has 0 atom stereocenters. The molecule has 86 valence electrons. The number of amides is 1. The maximum atomic E-state index is 13.1. The fourth-order valence-corrected chi connectivity index (χ4v) is 1.57. The molecule has 0 radical (unpaired) electrons. The van der Waals surface area contributed by atoms with Gasteiger partial charge in [-0.1, -0.05) is 12.8 Å². The van der Waals surface area contributed by atoms with E-state index in [4.69, 9.17) is 5.73 Å². The highest BCUT2D eigenvalue weighted by molar-refractivity contribution is 5.94. The van der Waals surface area contributed by atoms with Crippen LogP contribution in [0.15, 0.2) is 18.2 Å².